The third kappa shape index (κ3) is 3.60. The van der Waals surface area contributed by atoms with E-state index >= 15 is 0 Å². The third-order valence-corrected chi connectivity index (χ3v) is 5.51. The summed E-state index contributed by atoms with van der Waals surface area (Å²) in [6.45, 7) is 1.27. The van der Waals surface area contributed by atoms with Crippen LogP contribution in [0.3, 0.4) is 0 Å². The average Bonchev–Trinajstić information content (AvgIpc) is 3.17. The molecule has 1 aromatic heterocycles. The summed E-state index contributed by atoms with van der Waals surface area (Å²) >= 11 is 1.93. The summed E-state index contributed by atoms with van der Waals surface area (Å²) in [5, 5.41) is 3.19. The highest BCUT2D eigenvalue weighted by Gasteiger charge is 2.33. The quantitative estimate of drug-likeness (QED) is 0.924. The maximum absolute atomic E-state index is 12.6. The molecule has 2 saturated heterocycles. The van der Waals surface area contributed by atoms with E-state index in [1.54, 1.807) is 7.11 Å². The number of furan rings is 1. The Morgan fingerprint density at radius 2 is 2.36 bits per heavy atom. The summed E-state index contributed by atoms with van der Waals surface area (Å²) in [6.07, 6.45) is 4.28. The molecule has 1 aromatic rings. The van der Waals surface area contributed by atoms with Gasteiger partial charge in [0.25, 0.3) is 0 Å². The fourth-order valence-corrected chi connectivity index (χ4v) is 4.28. The third-order valence-electron chi connectivity index (χ3n) is 4.30. The van der Waals surface area contributed by atoms with E-state index in [1.807, 2.05) is 28.8 Å². The molecule has 3 heterocycles. The van der Waals surface area contributed by atoms with Crippen molar-refractivity contribution >= 4 is 17.8 Å². The number of ether oxygens (including phenoxy) is 1. The molecule has 3 rings (SSSR count). The minimum atomic E-state index is 0.0553. The van der Waals surface area contributed by atoms with Gasteiger partial charge in [-0.25, -0.2) is 4.79 Å². The number of hydrogen-bond donors (Lipinski definition) is 1. The highest BCUT2D eigenvalue weighted by molar-refractivity contribution is 7.99. The first kappa shape index (κ1) is 15.7. The van der Waals surface area contributed by atoms with Crippen LogP contribution in [-0.4, -0.2) is 42.1 Å². The van der Waals surface area contributed by atoms with Crippen molar-refractivity contribution in [2.75, 3.05) is 25.2 Å². The monoisotopic (exact) mass is 324 g/mol. The maximum Gasteiger partial charge on any atom is 0.318 e. The number of nitrogens with zero attached hydrogens (tertiary/aromatic N) is 1. The summed E-state index contributed by atoms with van der Waals surface area (Å²) in [5.74, 6) is 3.93. The van der Waals surface area contributed by atoms with Gasteiger partial charge in [0.1, 0.15) is 18.1 Å². The van der Waals surface area contributed by atoms with Crippen molar-refractivity contribution in [3.05, 3.63) is 23.7 Å². The molecule has 0 bridgehead atoms. The van der Waals surface area contributed by atoms with Crippen LogP contribution in [0.25, 0.3) is 0 Å². The molecule has 2 amide bonds. The van der Waals surface area contributed by atoms with Crippen molar-refractivity contribution in [3.63, 3.8) is 0 Å². The van der Waals surface area contributed by atoms with Crippen LogP contribution in [0.1, 0.15) is 43.2 Å². The van der Waals surface area contributed by atoms with Gasteiger partial charge in [-0.1, -0.05) is 0 Å². The minimum absolute atomic E-state index is 0.0553. The van der Waals surface area contributed by atoms with Crippen molar-refractivity contribution < 1.29 is 13.9 Å². The van der Waals surface area contributed by atoms with Gasteiger partial charge in [0, 0.05) is 25.4 Å². The number of nitrogens with one attached hydrogen (secondary N) is 1. The van der Waals surface area contributed by atoms with Crippen LogP contribution in [0.15, 0.2) is 16.5 Å². The Bertz CT molecular complexity index is 499. The average molecular weight is 324 g/mol. The van der Waals surface area contributed by atoms with E-state index in [0.717, 1.165) is 43.1 Å². The number of carbonyl (C=O) groups is 1. The smallest absolute Gasteiger partial charge is 0.318 e. The Hall–Kier alpha value is -1.14. The summed E-state index contributed by atoms with van der Waals surface area (Å²) in [5.41, 5.74) is 0. The van der Waals surface area contributed by atoms with Gasteiger partial charge in [0.2, 0.25) is 0 Å². The molecular weight excluding hydrogens is 300 g/mol. The molecule has 6 heteroatoms. The molecule has 122 valence electrons. The first-order valence-corrected chi connectivity index (χ1v) is 9.16. The van der Waals surface area contributed by atoms with Gasteiger partial charge in [-0.05, 0) is 43.6 Å². The summed E-state index contributed by atoms with van der Waals surface area (Å²) in [6, 6.07) is 4.33. The van der Waals surface area contributed by atoms with Crippen LogP contribution in [0.4, 0.5) is 4.79 Å². The van der Waals surface area contributed by atoms with E-state index in [9.17, 15) is 4.79 Å². The Labute approximate surface area is 135 Å². The Morgan fingerprint density at radius 1 is 1.45 bits per heavy atom. The lowest BCUT2D eigenvalue weighted by Gasteiger charge is -2.28. The Kier molecular flexibility index (Phi) is 5.31. The van der Waals surface area contributed by atoms with Gasteiger partial charge < -0.3 is 19.4 Å². The van der Waals surface area contributed by atoms with Gasteiger partial charge in [-0.2, -0.15) is 11.8 Å². The fraction of sp³-hybridized carbons (Fsp3) is 0.688. The lowest BCUT2D eigenvalue weighted by molar-refractivity contribution is 0.155. The molecule has 2 aliphatic heterocycles. The molecule has 2 fully saturated rings. The Balaban J connectivity index is 1.62. The lowest BCUT2D eigenvalue weighted by atomic mass is 10.1. The second-order valence-electron chi connectivity index (χ2n) is 5.95. The molecule has 0 spiro atoms. The highest BCUT2D eigenvalue weighted by atomic mass is 32.2. The van der Waals surface area contributed by atoms with E-state index in [-0.39, 0.29) is 12.1 Å². The van der Waals surface area contributed by atoms with Crippen molar-refractivity contribution in [1.82, 2.24) is 10.2 Å². The zero-order valence-corrected chi connectivity index (χ0v) is 13.9. The fourth-order valence-electron chi connectivity index (χ4n) is 3.21. The lowest BCUT2D eigenvalue weighted by Crippen LogP contribution is -2.46. The molecule has 0 unspecified atom stereocenters. The molecular formula is C16H24N2O3S. The van der Waals surface area contributed by atoms with Gasteiger partial charge in [-0.3, -0.25) is 0 Å². The van der Waals surface area contributed by atoms with Crippen molar-refractivity contribution in [2.24, 2.45) is 0 Å². The van der Waals surface area contributed by atoms with Crippen molar-refractivity contribution in [1.29, 1.82) is 0 Å². The number of amides is 2. The molecule has 2 aliphatic rings. The zero-order chi connectivity index (χ0) is 15.4. The normalized spacial score (nSPS) is 25.4. The summed E-state index contributed by atoms with van der Waals surface area (Å²) < 4.78 is 10.9. The van der Waals surface area contributed by atoms with Crippen molar-refractivity contribution in [3.8, 4) is 0 Å². The summed E-state index contributed by atoms with van der Waals surface area (Å²) in [4.78, 5) is 14.5. The van der Waals surface area contributed by atoms with Gasteiger partial charge >= 0.3 is 6.03 Å². The van der Waals surface area contributed by atoms with Gasteiger partial charge in [0.05, 0.1) is 6.04 Å². The van der Waals surface area contributed by atoms with Crippen molar-refractivity contribution in [2.45, 2.75) is 44.4 Å². The van der Waals surface area contributed by atoms with E-state index < -0.39 is 0 Å². The van der Waals surface area contributed by atoms with E-state index in [1.165, 1.54) is 12.2 Å². The molecule has 0 aromatic carbocycles. The standard InChI is InChI=1S/C16H24N2O3S/c1-20-10-13-6-7-15(21-13)14-5-2-8-18(14)16(19)17-12-4-3-9-22-11-12/h6-7,12,14H,2-5,8-11H2,1H3,(H,17,19)/t12-,14-/m0/s1. The van der Waals surface area contributed by atoms with Crippen LogP contribution in [-0.2, 0) is 11.3 Å². The molecule has 2 atom stereocenters. The number of rotatable bonds is 4. The number of likely N-dealkylation sites (tertiary alicyclic amines) is 1. The number of thioether (sulfide) groups is 1. The predicted molar refractivity (Wildman–Crippen MR) is 87.0 cm³/mol. The summed E-state index contributed by atoms with van der Waals surface area (Å²) in [7, 11) is 1.65. The molecule has 5 nitrogen and oxygen atoms in total. The van der Waals surface area contributed by atoms with Crippen LogP contribution in [0.2, 0.25) is 0 Å². The van der Waals surface area contributed by atoms with E-state index in [0.29, 0.717) is 12.6 Å². The van der Waals surface area contributed by atoms with Gasteiger partial charge in [0.15, 0.2) is 0 Å². The molecule has 0 saturated carbocycles. The van der Waals surface area contributed by atoms with E-state index in [4.69, 9.17) is 9.15 Å². The zero-order valence-electron chi connectivity index (χ0n) is 13.0. The molecule has 0 radical (unpaired) electrons. The number of urea groups is 1. The number of hydrogen-bond acceptors (Lipinski definition) is 4. The Morgan fingerprint density at radius 3 is 3.14 bits per heavy atom. The second kappa shape index (κ2) is 7.42. The molecule has 22 heavy (non-hydrogen) atoms. The largest absolute Gasteiger partial charge is 0.461 e. The second-order valence-corrected chi connectivity index (χ2v) is 7.10. The first-order valence-electron chi connectivity index (χ1n) is 8.00. The first-order chi connectivity index (χ1) is 10.8. The van der Waals surface area contributed by atoms with Crippen LogP contribution < -0.4 is 5.32 Å². The van der Waals surface area contributed by atoms with Crippen LogP contribution >= 0.6 is 11.8 Å². The number of carbonyl (C=O) groups excluding carboxylic acids is 1. The molecule has 0 aliphatic carbocycles. The maximum atomic E-state index is 12.6. The molecule has 1 N–H and O–H groups in total. The van der Waals surface area contributed by atoms with Gasteiger partial charge in [-0.15, -0.1) is 0 Å². The van der Waals surface area contributed by atoms with Crippen LogP contribution in [0, 0.1) is 0 Å². The van der Waals surface area contributed by atoms with Crippen LogP contribution in [0.5, 0.6) is 0 Å². The topological polar surface area (TPSA) is 54.7 Å². The van der Waals surface area contributed by atoms with E-state index in [2.05, 4.69) is 5.32 Å². The number of methoxy groups -OCH3 is 1. The highest BCUT2D eigenvalue weighted by Crippen LogP contribution is 2.33. The SMILES string of the molecule is COCc1ccc([C@@H]2CCCN2C(=O)N[C@H]2CCCSC2)o1. The predicted octanol–water partition coefficient (Wildman–Crippen LogP) is 3.17. The minimum Gasteiger partial charge on any atom is -0.461 e.